The number of imidazole rings is 1. The van der Waals surface area contributed by atoms with Gasteiger partial charge in [-0.25, -0.2) is 4.98 Å². The summed E-state index contributed by atoms with van der Waals surface area (Å²) < 4.78 is 1.77. The molecular weight excluding hydrogens is 396 g/mol. The molecule has 4 aromatic rings. The van der Waals surface area contributed by atoms with Gasteiger partial charge in [-0.15, -0.1) is 0 Å². The van der Waals surface area contributed by atoms with Gasteiger partial charge in [0.25, 0.3) is 5.91 Å². The van der Waals surface area contributed by atoms with Crippen LogP contribution in [-0.2, 0) is 13.0 Å². The highest BCUT2D eigenvalue weighted by Crippen LogP contribution is 2.21. The summed E-state index contributed by atoms with van der Waals surface area (Å²) in [5.41, 5.74) is 5.68. The smallest absolute Gasteiger partial charge is 0.270 e. The topological polar surface area (TPSA) is 70.2 Å². The van der Waals surface area contributed by atoms with Crippen LogP contribution in [0.4, 0.5) is 0 Å². The van der Waals surface area contributed by atoms with E-state index < -0.39 is 0 Å². The van der Waals surface area contributed by atoms with Crippen LogP contribution in [-0.4, -0.2) is 15.3 Å². The summed E-state index contributed by atoms with van der Waals surface area (Å²) in [4.78, 5) is 17.4. The van der Waals surface area contributed by atoms with E-state index >= 15 is 0 Å². The fraction of sp³-hybridized carbons (Fsp3) is 0.125. The quantitative estimate of drug-likeness (QED) is 0.498. The van der Waals surface area contributed by atoms with Gasteiger partial charge in [0, 0.05) is 23.8 Å². The Morgan fingerprint density at radius 1 is 1.10 bits per heavy atom. The van der Waals surface area contributed by atoms with Gasteiger partial charge in [0.15, 0.2) is 0 Å². The van der Waals surface area contributed by atoms with Crippen LogP contribution in [0.1, 0.15) is 34.2 Å². The minimum Gasteiger partial charge on any atom is -0.347 e. The number of nitrogens with zero attached hydrogens (tertiary/aromatic N) is 3. The molecule has 0 bridgehead atoms. The molecule has 30 heavy (non-hydrogen) atoms. The number of hydrogen-bond donors (Lipinski definition) is 1. The third kappa shape index (κ3) is 3.91. The summed E-state index contributed by atoms with van der Waals surface area (Å²) in [5, 5.41) is 12.5. The normalized spacial score (nSPS) is 10.7. The third-order valence-corrected chi connectivity index (χ3v) is 5.20. The Morgan fingerprint density at radius 3 is 2.40 bits per heavy atom. The number of carbonyl (C=O) groups is 1. The zero-order valence-corrected chi connectivity index (χ0v) is 17.1. The number of aryl methyl sites for hydroxylation is 1. The molecule has 6 heteroatoms. The molecule has 1 amide bonds. The molecule has 0 atom stereocenters. The molecule has 0 aliphatic rings. The lowest BCUT2D eigenvalue weighted by molar-refractivity contribution is 0.0944. The van der Waals surface area contributed by atoms with Gasteiger partial charge in [0.1, 0.15) is 11.3 Å². The Morgan fingerprint density at radius 2 is 1.77 bits per heavy atom. The van der Waals surface area contributed by atoms with Crippen LogP contribution in [0, 0.1) is 11.3 Å². The predicted octanol–water partition coefficient (Wildman–Crippen LogP) is 5.02. The molecule has 0 fully saturated rings. The lowest BCUT2D eigenvalue weighted by atomic mass is 10.0. The van der Waals surface area contributed by atoms with Crippen molar-refractivity contribution in [2.24, 2.45) is 0 Å². The second kappa shape index (κ2) is 8.40. The second-order valence-corrected chi connectivity index (χ2v) is 7.34. The summed E-state index contributed by atoms with van der Waals surface area (Å²) in [5.74, 6) is -0.169. The minimum atomic E-state index is -0.169. The van der Waals surface area contributed by atoms with E-state index in [-0.39, 0.29) is 5.91 Å². The first-order chi connectivity index (χ1) is 14.6. The van der Waals surface area contributed by atoms with Gasteiger partial charge in [-0.1, -0.05) is 54.9 Å². The molecule has 0 aliphatic heterocycles. The van der Waals surface area contributed by atoms with Gasteiger partial charge in [-0.3, -0.25) is 9.20 Å². The summed E-state index contributed by atoms with van der Waals surface area (Å²) in [6.07, 6.45) is 2.42. The molecular formula is C24H19ClN4O. The Kier molecular flexibility index (Phi) is 5.51. The zero-order valence-electron chi connectivity index (χ0n) is 16.4. The summed E-state index contributed by atoms with van der Waals surface area (Å²) in [7, 11) is 0. The molecule has 1 N–H and O–H groups in total. The van der Waals surface area contributed by atoms with E-state index in [0.29, 0.717) is 34.9 Å². The number of benzene rings is 2. The number of amides is 1. The third-order valence-electron chi connectivity index (χ3n) is 4.96. The highest BCUT2D eigenvalue weighted by Gasteiger charge is 2.18. The van der Waals surface area contributed by atoms with Crippen LogP contribution in [0.2, 0.25) is 5.02 Å². The maximum absolute atomic E-state index is 12.9. The molecule has 0 spiro atoms. The number of halogens is 1. The molecule has 0 unspecified atom stereocenters. The first-order valence-electron chi connectivity index (χ1n) is 9.63. The fourth-order valence-electron chi connectivity index (χ4n) is 3.37. The number of rotatable bonds is 5. The Balaban J connectivity index is 1.49. The highest BCUT2D eigenvalue weighted by molar-refractivity contribution is 6.30. The van der Waals surface area contributed by atoms with Gasteiger partial charge < -0.3 is 5.32 Å². The first-order valence-corrected chi connectivity index (χ1v) is 10.0. The molecule has 148 valence electrons. The van der Waals surface area contributed by atoms with Crippen molar-refractivity contribution in [3.8, 4) is 17.2 Å². The maximum atomic E-state index is 12.9. The number of aromatic nitrogens is 2. The van der Waals surface area contributed by atoms with Crippen molar-refractivity contribution in [2.75, 3.05) is 0 Å². The standard InChI is InChI=1S/C24H19ClN4O/c1-2-21-23(29-12-11-20(25)13-22(29)28-21)24(30)27-15-17-5-9-19(10-6-17)18-7-3-16(14-26)4-8-18/h3-13H,2,15H2,1H3,(H,27,30). The van der Waals surface area contributed by atoms with Gasteiger partial charge in [0.2, 0.25) is 0 Å². The average Bonchev–Trinajstić information content (AvgIpc) is 3.15. The van der Waals surface area contributed by atoms with E-state index in [0.717, 1.165) is 22.4 Å². The molecule has 0 radical (unpaired) electrons. The van der Waals surface area contributed by atoms with E-state index in [9.17, 15) is 4.79 Å². The maximum Gasteiger partial charge on any atom is 0.270 e. The van der Waals surface area contributed by atoms with E-state index in [4.69, 9.17) is 16.9 Å². The minimum absolute atomic E-state index is 0.169. The van der Waals surface area contributed by atoms with Crippen molar-refractivity contribution in [1.29, 1.82) is 5.26 Å². The SMILES string of the molecule is CCc1nc2cc(Cl)ccn2c1C(=O)NCc1ccc(-c2ccc(C#N)cc2)cc1. The Bertz CT molecular complexity index is 1250. The van der Waals surface area contributed by atoms with E-state index in [1.165, 1.54) is 0 Å². The lowest BCUT2D eigenvalue weighted by Crippen LogP contribution is -2.25. The van der Waals surface area contributed by atoms with E-state index in [2.05, 4.69) is 16.4 Å². The number of carbonyl (C=O) groups excluding carboxylic acids is 1. The number of pyridine rings is 1. The summed E-state index contributed by atoms with van der Waals surface area (Å²) in [6.45, 7) is 2.39. The lowest BCUT2D eigenvalue weighted by Gasteiger charge is -2.08. The largest absolute Gasteiger partial charge is 0.347 e. The molecule has 0 saturated heterocycles. The van der Waals surface area contributed by atoms with Gasteiger partial charge in [-0.2, -0.15) is 5.26 Å². The molecule has 2 aromatic carbocycles. The van der Waals surface area contributed by atoms with Crippen LogP contribution in [0.5, 0.6) is 0 Å². The first kappa shape index (κ1) is 19.7. The number of hydrogen-bond acceptors (Lipinski definition) is 3. The van der Waals surface area contributed by atoms with Crippen LogP contribution < -0.4 is 5.32 Å². The van der Waals surface area contributed by atoms with Gasteiger partial charge in [-0.05, 0) is 41.3 Å². The van der Waals surface area contributed by atoms with E-state index in [1.807, 2.05) is 43.3 Å². The molecule has 4 rings (SSSR count). The fourth-order valence-corrected chi connectivity index (χ4v) is 3.53. The van der Waals surface area contributed by atoms with E-state index in [1.54, 1.807) is 34.9 Å². The zero-order chi connectivity index (χ0) is 21.1. The van der Waals surface area contributed by atoms with Gasteiger partial charge >= 0.3 is 0 Å². The Hall–Kier alpha value is -3.62. The predicted molar refractivity (Wildman–Crippen MR) is 117 cm³/mol. The molecule has 0 saturated carbocycles. The number of fused-ring (bicyclic) bond motifs is 1. The summed E-state index contributed by atoms with van der Waals surface area (Å²) >= 11 is 6.05. The number of nitriles is 1. The van der Waals surface area contributed by atoms with Crippen LogP contribution in [0.15, 0.2) is 66.9 Å². The second-order valence-electron chi connectivity index (χ2n) is 6.90. The van der Waals surface area contributed by atoms with Crippen molar-refractivity contribution in [2.45, 2.75) is 19.9 Å². The van der Waals surface area contributed by atoms with Crippen LogP contribution in [0.25, 0.3) is 16.8 Å². The van der Waals surface area contributed by atoms with Crippen molar-refractivity contribution < 1.29 is 4.79 Å². The average molecular weight is 415 g/mol. The molecule has 2 aromatic heterocycles. The van der Waals surface area contributed by atoms with Gasteiger partial charge in [0.05, 0.1) is 17.3 Å². The monoisotopic (exact) mass is 414 g/mol. The molecule has 5 nitrogen and oxygen atoms in total. The van der Waals surface area contributed by atoms with Crippen molar-refractivity contribution in [3.05, 3.63) is 94.4 Å². The van der Waals surface area contributed by atoms with Crippen molar-refractivity contribution >= 4 is 23.2 Å². The van der Waals surface area contributed by atoms with Crippen LogP contribution in [0.3, 0.4) is 0 Å². The number of nitrogens with one attached hydrogen (secondary N) is 1. The molecule has 2 heterocycles. The molecule has 0 aliphatic carbocycles. The van der Waals surface area contributed by atoms with Crippen LogP contribution >= 0.6 is 11.6 Å². The Labute approximate surface area is 179 Å². The van der Waals surface area contributed by atoms with Crippen molar-refractivity contribution in [1.82, 2.24) is 14.7 Å². The summed E-state index contributed by atoms with van der Waals surface area (Å²) in [6, 6.07) is 21.1. The van der Waals surface area contributed by atoms with Crippen molar-refractivity contribution in [3.63, 3.8) is 0 Å². The highest BCUT2D eigenvalue weighted by atomic mass is 35.5.